The summed E-state index contributed by atoms with van der Waals surface area (Å²) in [4.78, 5) is 30.1. The minimum absolute atomic E-state index is 0. The predicted molar refractivity (Wildman–Crippen MR) is 128 cm³/mol. The molecule has 1 aromatic rings. The van der Waals surface area contributed by atoms with Crippen molar-refractivity contribution in [3.8, 4) is 0 Å². The third-order valence-electron chi connectivity index (χ3n) is 5.28. The molecule has 0 fully saturated rings. The van der Waals surface area contributed by atoms with Crippen LogP contribution in [0.25, 0.3) is 0 Å². The number of rotatable bonds is 19. The summed E-state index contributed by atoms with van der Waals surface area (Å²) >= 11 is 0. The van der Waals surface area contributed by atoms with Crippen molar-refractivity contribution in [2.45, 2.75) is 109 Å². The van der Waals surface area contributed by atoms with Crippen molar-refractivity contribution >= 4 is 41.4 Å². The average Bonchev–Trinajstić information content (AvgIpc) is 3.23. The van der Waals surface area contributed by atoms with Crippen LogP contribution in [0.1, 0.15) is 103 Å². The molecule has 1 heterocycles. The van der Waals surface area contributed by atoms with Crippen molar-refractivity contribution in [2.24, 2.45) is 0 Å². The molecular weight excluding hydrogens is 401 g/mol. The first-order chi connectivity index (χ1) is 14.6. The Morgan fingerprint density at radius 2 is 1.58 bits per heavy atom. The van der Waals surface area contributed by atoms with Crippen LogP contribution >= 0.6 is 0 Å². The molecule has 0 unspecified atom stereocenters. The van der Waals surface area contributed by atoms with E-state index in [1.54, 1.807) is 6.20 Å². The molecule has 1 rings (SSSR count). The summed E-state index contributed by atoms with van der Waals surface area (Å²) < 4.78 is 0. The van der Waals surface area contributed by atoms with Gasteiger partial charge in [-0.05, 0) is 32.1 Å². The Balaban J connectivity index is 0.00000900. The van der Waals surface area contributed by atoms with Gasteiger partial charge in [0.25, 0.3) is 0 Å². The molecule has 172 valence electrons. The Morgan fingerprint density at radius 1 is 1.00 bits per heavy atom. The number of amides is 1. The fourth-order valence-corrected chi connectivity index (χ4v) is 3.44. The number of nitrogens with zero attached hydrogens (tertiary/aromatic N) is 1. The van der Waals surface area contributed by atoms with Crippen LogP contribution in [0, 0.1) is 0 Å². The van der Waals surface area contributed by atoms with Crippen LogP contribution in [0.5, 0.6) is 0 Å². The molecule has 3 N–H and O–H groups in total. The molecule has 0 bridgehead atoms. The molecule has 0 aliphatic rings. The van der Waals surface area contributed by atoms with Crippen LogP contribution in [0.15, 0.2) is 24.7 Å². The van der Waals surface area contributed by atoms with Crippen LogP contribution in [-0.2, 0) is 16.0 Å². The predicted octanol–water partition coefficient (Wildman–Crippen LogP) is 4.91. The summed E-state index contributed by atoms with van der Waals surface area (Å²) in [5, 5.41) is 11.9. The summed E-state index contributed by atoms with van der Waals surface area (Å²) in [6.45, 7) is 2.25. The molecule has 0 radical (unpaired) electrons. The average molecular weight is 444 g/mol. The van der Waals surface area contributed by atoms with Crippen LogP contribution < -0.4 is 5.32 Å². The Hall–Kier alpha value is -1.11. The van der Waals surface area contributed by atoms with E-state index in [1.165, 1.54) is 64.1 Å². The molecule has 0 spiro atoms. The van der Waals surface area contributed by atoms with E-state index >= 15 is 0 Å². The first-order valence-electron chi connectivity index (χ1n) is 11.8. The molecule has 7 heteroatoms. The van der Waals surface area contributed by atoms with Gasteiger partial charge in [0.05, 0.1) is 6.33 Å². The van der Waals surface area contributed by atoms with Crippen molar-refractivity contribution in [3.05, 3.63) is 30.4 Å². The Labute approximate surface area is 210 Å². The molecule has 1 aromatic heterocycles. The number of aromatic amines is 1. The Kier molecular flexibility index (Phi) is 20.0. The van der Waals surface area contributed by atoms with Gasteiger partial charge < -0.3 is 15.4 Å². The zero-order chi connectivity index (χ0) is 21.9. The molecular formula is C24H42N3NaO3. The molecule has 0 aromatic carbocycles. The van der Waals surface area contributed by atoms with Crippen LogP contribution in [0.2, 0.25) is 0 Å². The number of carbonyl (C=O) groups excluding carboxylic acids is 1. The van der Waals surface area contributed by atoms with Crippen molar-refractivity contribution in [3.63, 3.8) is 0 Å². The van der Waals surface area contributed by atoms with Gasteiger partial charge >= 0.3 is 35.5 Å². The summed E-state index contributed by atoms with van der Waals surface area (Å²) in [6, 6.07) is -0.916. The summed E-state index contributed by atoms with van der Waals surface area (Å²) in [7, 11) is 0. The molecule has 1 amide bonds. The maximum absolute atomic E-state index is 12.0. The third kappa shape index (κ3) is 17.2. The van der Waals surface area contributed by atoms with Crippen molar-refractivity contribution in [1.82, 2.24) is 15.3 Å². The zero-order valence-electron chi connectivity index (χ0n) is 18.7. The van der Waals surface area contributed by atoms with E-state index in [4.69, 9.17) is 0 Å². The molecule has 1 atom stereocenters. The quantitative estimate of drug-likeness (QED) is 0.161. The van der Waals surface area contributed by atoms with Gasteiger partial charge in [0.15, 0.2) is 0 Å². The Bertz CT molecular complexity index is 591. The molecule has 0 saturated carbocycles. The van der Waals surface area contributed by atoms with Gasteiger partial charge in [0.1, 0.15) is 6.04 Å². The molecule has 31 heavy (non-hydrogen) atoms. The van der Waals surface area contributed by atoms with Crippen LogP contribution in [-0.4, -0.2) is 62.6 Å². The van der Waals surface area contributed by atoms with E-state index < -0.39 is 12.0 Å². The number of carboxylic acids is 1. The number of hydrogen-bond acceptors (Lipinski definition) is 3. The molecule has 0 aliphatic carbocycles. The molecule has 0 aliphatic heterocycles. The normalized spacial score (nSPS) is 11.9. The van der Waals surface area contributed by atoms with Crippen molar-refractivity contribution in [2.75, 3.05) is 0 Å². The fraction of sp³-hybridized carbons (Fsp3) is 0.708. The number of aliphatic carboxylic acids is 1. The second kappa shape index (κ2) is 20.8. The molecule has 0 saturated heterocycles. The van der Waals surface area contributed by atoms with E-state index in [0.717, 1.165) is 25.7 Å². The van der Waals surface area contributed by atoms with Gasteiger partial charge in [-0.2, -0.15) is 0 Å². The van der Waals surface area contributed by atoms with E-state index in [9.17, 15) is 14.7 Å². The summed E-state index contributed by atoms with van der Waals surface area (Å²) in [6.07, 6.45) is 24.1. The first kappa shape index (κ1) is 29.9. The van der Waals surface area contributed by atoms with Gasteiger partial charge in [0.2, 0.25) is 5.91 Å². The second-order valence-electron chi connectivity index (χ2n) is 8.07. The van der Waals surface area contributed by atoms with Crippen LogP contribution in [0.4, 0.5) is 0 Å². The SMILES string of the molecule is CCCCCCCC/C=C\CCCCCCCC(=O)N[C@@H](Cc1cnc[nH]1)C(=O)O.[NaH]. The fourth-order valence-electron chi connectivity index (χ4n) is 3.44. The van der Waals surface area contributed by atoms with Gasteiger partial charge in [-0.3, -0.25) is 4.79 Å². The number of hydrogen-bond donors (Lipinski definition) is 3. The van der Waals surface area contributed by atoms with E-state index in [2.05, 4.69) is 34.4 Å². The van der Waals surface area contributed by atoms with Crippen molar-refractivity contribution in [1.29, 1.82) is 0 Å². The molecule has 6 nitrogen and oxygen atoms in total. The number of imidazole rings is 1. The first-order valence-corrected chi connectivity index (χ1v) is 11.8. The Morgan fingerprint density at radius 3 is 2.13 bits per heavy atom. The monoisotopic (exact) mass is 443 g/mol. The second-order valence-corrected chi connectivity index (χ2v) is 8.07. The minimum atomic E-state index is -1.03. The summed E-state index contributed by atoms with van der Waals surface area (Å²) in [5.74, 6) is -1.22. The number of aromatic nitrogens is 2. The van der Waals surface area contributed by atoms with Gasteiger partial charge in [-0.1, -0.05) is 70.4 Å². The zero-order valence-corrected chi connectivity index (χ0v) is 18.7. The number of carbonyl (C=O) groups is 2. The number of allylic oxidation sites excluding steroid dienone is 2. The standard InChI is InChI=1S/C24H41N3O3.Na.H/c1-2-3-4-5-6-7-8-9-10-11-12-13-14-15-16-17-23(28)27-22(24(29)30)18-21-19-25-20-26-21;;/h9-10,19-20,22H,2-8,11-18H2,1H3,(H,25,26)(H,27,28)(H,29,30);;/b10-9-;;/t22-;;/m0../s1. The van der Waals surface area contributed by atoms with Crippen molar-refractivity contribution < 1.29 is 14.7 Å². The topological polar surface area (TPSA) is 95.1 Å². The van der Waals surface area contributed by atoms with E-state index in [0.29, 0.717) is 12.1 Å². The number of carboxylic acid groups (broad SMARTS) is 1. The number of H-pyrrole nitrogens is 1. The van der Waals surface area contributed by atoms with E-state index in [1.807, 2.05) is 0 Å². The number of nitrogens with one attached hydrogen (secondary N) is 2. The van der Waals surface area contributed by atoms with Gasteiger partial charge in [0, 0.05) is 24.7 Å². The number of unbranched alkanes of at least 4 members (excludes halogenated alkanes) is 11. The van der Waals surface area contributed by atoms with Gasteiger partial charge in [-0.15, -0.1) is 0 Å². The maximum atomic E-state index is 12.0. The summed E-state index contributed by atoms with van der Waals surface area (Å²) in [5.41, 5.74) is 0.698. The van der Waals surface area contributed by atoms with Crippen LogP contribution in [0.3, 0.4) is 0 Å². The van der Waals surface area contributed by atoms with Gasteiger partial charge in [-0.25, -0.2) is 9.78 Å². The van der Waals surface area contributed by atoms with E-state index in [-0.39, 0.29) is 41.9 Å². The third-order valence-corrected chi connectivity index (χ3v) is 5.28.